The highest BCUT2D eigenvalue weighted by molar-refractivity contribution is 7.94. The van der Waals surface area contributed by atoms with Crippen LogP contribution in [0.3, 0.4) is 0 Å². The number of halogens is 1. The first kappa shape index (κ1) is 17.4. The maximum atomic E-state index is 13.5. The molecule has 9 heteroatoms. The van der Waals surface area contributed by atoms with Crippen LogP contribution >= 0.6 is 11.3 Å². The number of rotatable bonds is 5. The van der Waals surface area contributed by atoms with Gasteiger partial charge in [-0.1, -0.05) is 6.07 Å². The minimum absolute atomic E-state index is 0.0156. The van der Waals surface area contributed by atoms with Crippen LogP contribution in [0.4, 0.5) is 15.8 Å². The Balaban J connectivity index is 1.65. The summed E-state index contributed by atoms with van der Waals surface area (Å²) in [6.45, 7) is 0.123. The Morgan fingerprint density at radius 3 is 2.84 bits per heavy atom. The van der Waals surface area contributed by atoms with Crippen LogP contribution in [0.1, 0.15) is 4.88 Å². The van der Waals surface area contributed by atoms with Crippen molar-refractivity contribution >= 4 is 44.9 Å². The Morgan fingerprint density at radius 2 is 2.12 bits per heavy atom. The molecule has 0 saturated carbocycles. The second kappa shape index (κ2) is 6.85. The van der Waals surface area contributed by atoms with Crippen molar-refractivity contribution in [2.45, 2.75) is 0 Å². The van der Waals surface area contributed by atoms with E-state index in [0.29, 0.717) is 5.69 Å². The van der Waals surface area contributed by atoms with Crippen molar-refractivity contribution in [3.63, 3.8) is 0 Å². The minimum atomic E-state index is -3.76. The van der Waals surface area contributed by atoms with Crippen LogP contribution in [0.15, 0.2) is 41.8 Å². The molecule has 2 aromatic rings. The lowest BCUT2D eigenvalue weighted by Gasteiger charge is -2.19. The van der Waals surface area contributed by atoms with Gasteiger partial charge in [0.25, 0.3) is 0 Å². The number of hydrogen-bond donors (Lipinski definition) is 1. The van der Waals surface area contributed by atoms with Gasteiger partial charge in [-0.3, -0.25) is 9.10 Å². The zero-order chi connectivity index (χ0) is 18.0. The third-order valence-corrected chi connectivity index (χ3v) is 6.39. The number of nitrogens with zero attached hydrogens (tertiary/aromatic N) is 2. The van der Waals surface area contributed by atoms with Gasteiger partial charge in [0, 0.05) is 30.6 Å². The Morgan fingerprint density at radius 1 is 1.32 bits per heavy atom. The van der Waals surface area contributed by atoms with E-state index in [1.807, 2.05) is 17.5 Å². The lowest BCUT2D eigenvalue weighted by Crippen LogP contribution is -2.40. The van der Waals surface area contributed by atoms with Gasteiger partial charge in [-0.15, -0.1) is 11.3 Å². The van der Waals surface area contributed by atoms with Gasteiger partial charge in [-0.25, -0.2) is 8.70 Å². The lowest BCUT2D eigenvalue weighted by atomic mass is 10.2. The van der Waals surface area contributed by atoms with Gasteiger partial charge >= 0.3 is 10.2 Å². The van der Waals surface area contributed by atoms with Gasteiger partial charge in [-0.05, 0) is 29.7 Å². The van der Waals surface area contributed by atoms with Gasteiger partial charge < -0.3 is 5.32 Å². The van der Waals surface area contributed by atoms with Crippen molar-refractivity contribution in [1.82, 2.24) is 5.32 Å². The fraction of sp³-hybridized carbons (Fsp3) is 0.188. The predicted molar refractivity (Wildman–Crippen MR) is 97.4 cm³/mol. The monoisotopic (exact) mass is 381 g/mol. The normalized spacial score (nSPS) is 15.6. The lowest BCUT2D eigenvalue weighted by molar-refractivity contribution is -0.116. The number of benzene rings is 1. The third kappa shape index (κ3) is 3.52. The molecule has 1 aromatic heterocycles. The van der Waals surface area contributed by atoms with Crippen LogP contribution in [-0.2, 0) is 15.0 Å². The summed E-state index contributed by atoms with van der Waals surface area (Å²) in [5.74, 6) is -0.838. The molecule has 0 radical (unpaired) electrons. The zero-order valence-corrected chi connectivity index (χ0v) is 15.0. The molecule has 0 atom stereocenters. The number of amides is 1. The van der Waals surface area contributed by atoms with Crippen LogP contribution in [0.2, 0.25) is 0 Å². The summed E-state index contributed by atoms with van der Waals surface area (Å²) in [4.78, 5) is 12.8. The standard InChI is InChI=1S/C16H16FN3O3S2/c1-19-14-6-4-12(17)11-15(14)20(25(19,22)23)9-8-18-16(21)7-5-13-3-2-10-24-13/h2-7,10-11H,8-9H2,1H3,(H,18,21)/b7-5+. The van der Waals surface area contributed by atoms with Crippen molar-refractivity contribution < 1.29 is 17.6 Å². The number of carbonyl (C=O) groups is 1. The second-order valence-electron chi connectivity index (χ2n) is 5.32. The fourth-order valence-corrected chi connectivity index (χ4v) is 4.51. The Labute approximate surface area is 149 Å². The summed E-state index contributed by atoms with van der Waals surface area (Å²) in [6.07, 6.45) is 3.08. The van der Waals surface area contributed by atoms with E-state index in [4.69, 9.17) is 0 Å². The smallest absolute Gasteiger partial charge is 0.326 e. The highest BCUT2D eigenvalue weighted by Gasteiger charge is 2.37. The van der Waals surface area contributed by atoms with Crippen LogP contribution in [0.5, 0.6) is 0 Å². The van der Waals surface area contributed by atoms with Gasteiger partial charge in [0.2, 0.25) is 5.91 Å². The van der Waals surface area contributed by atoms with E-state index < -0.39 is 16.0 Å². The SMILES string of the molecule is CN1c2ccc(F)cc2N(CCNC(=O)/C=C/c2cccs2)S1(=O)=O. The van der Waals surface area contributed by atoms with E-state index in [9.17, 15) is 17.6 Å². The summed E-state index contributed by atoms with van der Waals surface area (Å²) < 4.78 is 40.5. The molecular weight excluding hydrogens is 365 g/mol. The highest BCUT2D eigenvalue weighted by atomic mass is 32.2. The second-order valence-corrected chi connectivity index (χ2v) is 8.18. The minimum Gasteiger partial charge on any atom is -0.351 e. The summed E-state index contributed by atoms with van der Waals surface area (Å²) in [6, 6.07) is 7.57. The summed E-state index contributed by atoms with van der Waals surface area (Å²) in [5.41, 5.74) is 0.677. The molecule has 0 bridgehead atoms. The quantitative estimate of drug-likeness (QED) is 0.808. The number of nitrogens with one attached hydrogen (secondary N) is 1. The summed E-state index contributed by atoms with van der Waals surface area (Å²) in [5, 5.41) is 4.54. The molecule has 3 rings (SSSR count). The number of fused-ring (bicyclic) bond motifs is 1. The molecule has 132 valence electrons. The largest absolute Gasteiger partial charge is 0.351 e. The van der Waals surface area contributed by atoms with Crippen LogP contribution < -0.4 is 13.9 Å². The molecule has 6 nitrogen and oxygen atoms in total. The molecule has 25 heavy (non-hydrogen) atoms. The van der Waals surface area contributed by atoms with Crippen molar-refractivity contribution in [2.75, 3.05) is 28.7 Å². The molecule has 1 amide bonds. The molecule has 0 fully saturated rings. The average Bonchev–Trinajstić information content (AvgIpc) is 3.14. The number of hydrogen-bond acceptors (Lipinski definition) is 4. The van der Waals surface area contributed by atoms with Gasteiger partial charge in [0.15, 0.2) is 0 Å². The number of anilines is 2. The van der Waals surface area contributed by atoms with E-state index in [0.717, 1.165) is 13.5 Å². The Bertz CT molecular complexity index is 911. The van der Waals surface area contributed by atoms with Gasteiger partial charge in [0.05, 0.1) is 17.9 Å². The predicted octanol–water partition coefficient (Wildman–Crippen LogP) is 2.22. The Hall–Kier alpha value is -2.39. The molecule has 1 N–H and O–H groups in total. The third-order valence-electron chi connectivity index (χ3n) is 3.73. The molecular formula is C16H16FN3O3S2. The summed E-state index contributed by atoms with van der Waals surface area (Å²) in [7, 11) is -2.34. The first-order valence-corrected chi connectivity index (χ1v) is 9.73. The highest BCUT2D eigenvalue weighted by Crippen LogP contribution is 2.39. The van der Waals surface area contributed by atoms with E-state index in [1.165, 1.54) is 42.7 Å². The van der Waals surface area contributed by atoms with Crippen molar-refractivity contribution in [2.24, 2.45) is 0 Å². The number of thiophene rings is 1. The van der Waals surface area contributed by atoms with Gasteiger partial charge in [0.1, 0.15) is 5.82 Å². The number of carbonyl (C=O) groups excluding carboxylic acids is 1. The topological polar surface area (TPSA) is 69.7 Å². The summed E-state index contributed by atoms with van der Waals surface area (Å²) >= 11 is 1.51. The molecule has 2 heterocycles. The maximum absolute atomic E-state index is 13.5. The molecule has 1 aliphatic heterocycles. The first-order chi connectivity index (χ1) is 11.9. The molecule has 0 spiro atoms. The molecule has 1 aliphatic rings. The van der Waals surface area contributed by atoms with E-state index in [-0.39, 0.29) is 24.7 Å². The molecule has 0 unspecified atom stereocenters. The Kier molecular flexibility index (Phi) is 4.78. The molecule has 0 saturated heterocycles. The molecule has 1 aromatic carbocycles. The van der Waals surface area contributed by atoms with Crippen molar-refractivity contribution in [3.8, 4) is 0 Å². The van der Waals surface area contributed by atoms with E-state index in [1.54, 1.807) is 6.08 Å². The van der Waals surface area contributed by atoms with E-state index >= 15 is 0 Å². The molecule has 0 aliphatic carbocycles. The van der Waals surface area contributed by atoms with Crippen molar-refractivity contribution in [3.05, 3.63) is 52.5 Å². The van der Waals surface area contributed by atoms with Crippen LogP contribution in [0.25, 0.3) is 6.08 Å². The van der Waals surface area contributed by atoms with Crippen molar-refractivity contribution in [1.29, 1.82) is 0 Å². The average molecular weight is 381 g/mol. The fourth-order valence-electron chi connectivity index (χ4n) is 2.48. The van der Waals surface area contributed by atoms with Gasteiger partial charge in [-0.2, -0.15) is 8.42 Å². The van der Waals surface area contributed by atoms with E-state index in [2.05, 4.69) is 5.32 Å². The first-order valence-electron chi connectivity index (χ1n) is 7.45. The zero-order valence-electron chi connectivity index (χ0n) is 13.3. The van der Waals surface area contributed by atoms with Crippen LogP contribution in [0, 0.1) is 5.82 Å². The van der Waals surface area contributed by atoms with Crippen LogP contribution in [-0.4, -0.2) is 34.5 Å². The maximum Gasteiger partial charge on any atom is 0.326 e.